The Morgan fingerprint density at radius 3 is 1.86 bits per heavy atom. The van der Waals surface area contributed by atoms with Crippen molar-refractivity contribution >= 4 is 31.9 Å². The van der Waals surface area contributed by atoms with Crippen molar-refractivity contribution in [3.63, 3.8) is 0 Å². The Kier molecular flexibility index (Phi) is 4.57. The monoisotopic (exact) mass is 400 g/mol. The summed E-state index contributed by atoms with van der Waals surface area (Å²) in [6.07, 6.45) is 0. The van der Waals surface area contributed by atoms with Gasteiger partial charge in [0.1, 0.15) is 0 Å². The Morgan fingerprint density at radius 1 is 0.619 bits per heavy atom. The van der Waals surface area contributed by atoms with Crippen LogP contribution in [0.25, 0.3) is 11.1 Å². The molecule has 0 fully saturated rings. The lowest BCUT2D eigenvalue weighted by Crippen LogP contribution is -1.93. The van der Waals surface area contributed by atoms with Crippen LogP contribution in [0.5, 0.6) is 0 Å². The SMILES string of the molecule is Brc1ccccc1C(Br)c1ccc(-c2ccccc2)cc1. The number of benzene rings is 3. The van der Waals surface area contributed by atoms with Crippen LogP contribution in [-0.2, 0) is 0 Å². The summed E-state index contributed by atoms with van der Waals surface area (Å²) in [6, 6.07) is 27.5. The van der Waals surface area contributed by atoms with Crippen molar-refractivity contribution in [1.29, 1.82) is 0 Å². The smallest absolute Gasteiger partial charge is 0.0655 e. The number of hydrogen-bond donors (Lipinski definition) is 0. The molecule has 0 bridgehead atoms. The van der Waals surface area contributed by atoms with Gasteiger partial charge >= 0.3 is 0 Å². The average Bonchev–Trinajstić information content (AvgIpc) is 2.56. The van der Waals surface area contributed by atoms with Crippen molar-refractivity contribution in [1.82, 2.24) is 0 Å². The third-order valence-corrected chi connectivity index (χ3v) is 5.23. The fourth-order valence-electron chi connectivity index (χ4n) is 2.34. The summed E-state index contributed by atoms with van der Waals surface area (Å²) in [5.41, 5.74) is 4.98. The molecule has 0 heterocycles. The lowest BCUT2D eigenvalue weighted by atomic mass is 10.0. The molecule has 0 radical (unpaired) electrons. The highest BCUT2D eigenvalue weighted by Gasteiger charge is 2.12. The van der Waals surface area contributed by atoms with Crippen molar-refractivity contribution in [3.05, 3.63) is 94.5 Å². The zero-order valence-electron chi connectivity index (χ0n) is 11.3. The van der Waals surface area contributed by atoms with Crippen LogP contribution in [0.15, 0.2) is 83.3 Å². The van der Waals surface area contributed by atoms with E-state index in [2.05, 4.69) is 98.6 Å². The molecule has 104 valence electrons. The van der Waals surface area contributed by atoms with Gasteiger partial charge in [0.2, 0.25) is 0 Å². The summed E-state index contributed by atoms with van der Waals surface area (Å²) in [5.74, 6) is 0. The minimum Gasteiger partial charge on any atom is -0.0786 e. The van der Waals surface area contributed by atoms with Crippen LogP contribution in [-0.4, -0.2) is 0 Å². The largest absolute Gasteiger partial charge is 0.0786 e. The molecule has 0 spiro atoms. The maximum atomic E-state index is 3.80. The van der Waals surface area contributed by atoms with E-state index < -0.39 is 0 Å². The van der Waals surface area contributed by atoms with E-state index in [9.17, 15) is 0 Å². The van der Waals surface area contributed by atoms with E-state index in [-0.39, 0.29) is 4.83 Å². The standard InChI is InChI=1S/C19H14Br2/c20-18-9-5-4-8-17(18)19(21)16-12-10-15(11-13-16)14-6-2-1-3-7-14/h1-13,19H. The van der Waals surface area contributed by atoms with E-state index in [1.165, 1.54) is 22.3 Å². The lowest BCUT2D eigenvalue weighted by molar-refractivity contribution is 1.16. The Hall–Kier alpha value is -1.38. The van der Waals surface area contributed by atoms with Gasteiger partial charge < -0.3 is 0 Å². The molecule has 3 aromatic rings. The first-order chi connectivity index (χ1) is 10.3. The Bertz CT molecular complexity index is 718. The second kappa shape index (κ2) is 6.59. The number of rotatable bonds is 3. The van der Waals surface area contributed by atoms with E-state index in [0.29, 0.717) is 0 Å². The van der Waals surface area contributed by atoms with E-state index in [1.807, 2.05) is 12.1 Å². The summed E-state index contributed by atoms with van der Waals surface area (Å²) >= 11 is 7.41. The molecule has 0 aromatic heterocycles. The molecule has 3 aromatic carbocycles. The molecule has 0 saturated heterocycles. The Balaban J connectivity index is 1.89. The molecule has 0 saturated carbocycles. The van der Waals surface area contributed by atoms with E-state index >= 15 is 0 Å². The van der Waals surface area contributed by atoms with Crippen LogP contribution in [0.2, 0.25) is 0 Å². The highest BCUT2D eigenvalue weighted by molar-refractivity contribution is 9.11. The summed E-state index contributed by atoms with van der Waals surface area (Å²) in [6.45, 7) is 0. The van der Waals surface area contributed by atoms with E-state index in [4.69, 9.17) is 0 Å². The molecule has 0 nitrogen and oxygen atoms in total. The van der Waals surface area contributed by atoms with Gasteiger partial charge in [0.05, 0.1) is 4.83 Å². The molecular weight excluding hydrogens is 388 g/mol. The van der Waals surface area contributed by atoms with Crippen LogP contribution in [0.4, 0.5) is 0 Å². The van der Waals surface area contributed by atoms with Crippen molar-refractivity contribution in [2.75, 3.05) is 0 Å². The van der Waals surface area contributed by atoms with Gasteiger partial charge in [-0.25, -0.2) is 0 Å². The fraction of sp³-hybridized carbons (Fsp3) is 0.0526. The highest BCUT2D eigenvalue weighted by atomic mass is 79.9. The molecule has 0 aliphatic heterocycles. The predicted octanol–water partition coefficient (Wildman–Crippen LogP) is 6.60. The van der Waals surface area contributed by atoms with Gasteiger partial charge in [0.25, 0.3) is 0 Å². The Labute approximate surface area is 142 Å². The van der Waals surface area contributed by atoms with Crippen LogP contribution in [0.1, 0.15) is 16.0 Å². The van der Waals surface area contributed by atoms with Crippen molar-refractivity contribution in [2.45, 2.75) is 4.83 Å². The minimum atomic E-state index is 0.192. The van der Waals surface area contributed by atoms with Gasteiger partial charge in [0, 0.05) is 4.47 Å². The van der Waals surface area contributed by atoms with Gasteiger partial charge in [-0.05, 0) is 28.3 Å². The van der Waals surface area contributed by atoms with Gasteiger partial charge in [-0.3, -0.25) is 0 Å². The van der Waals surface area contributed by atoms with Crippen molar-refractivity contribution < 1.29 is 0 Å². The number of hydrogen-bond acceptors (Lipinski definition) is 0. The molecule has 2 heteroatoms. The molecule has 0 amide bonds. The summed E-state index contributed by atoms with van der Waals surface area (Å²) < 4.78 is 1.12. The van der Waals surface area contributed by atoms with Crippen LogP contribution in [0, 0.1) is 0 Å². The maximum absolute atomic E-state index is 3.80. The van der Waals surface area contributed by atoms with Gasteiger partial charge in [-0.2, -0.15) is 0 Å². The predicted molar refractivity (Wildman–Crippen MR) is 96.8 cm³/mol. The van der Waals surface area contributed by atoms with Crippen LogP contribution in [0.3, 0.4) is 0 Å². The van der Waals surface area contributed by atoms with Gasteiger partial charge in [-0.15, -0.1) is 0 Å². The van der Waals surface area contributed by atoms with Crippen molar-refractivity contribution in [3.8, 4) is 11.1 Å². The zero-order chi connectivity index (χ0) is 14.7. The first-order valence-electron chi connectivity index (χ1n) is 6.79. The second-order valence-electron chi connectivity index (χ2n) is 4.87. The van der Waals surface area contributed by atoms with E-state index in [1.54, 1.807) is 0 Å². The zero-order valence-corrected chi connectivity index (χ0v) is 14.5. The number of alkyl halides is 1. The minimum absolute atomic E-state index is 0.192. The molecule has 0 aliphatic rings. The summed E-state index contributed by atoms with van der Waals surface area (Å²) in [4.78, 5) is 0.192. The van der Waals surface area contributed by atoms with Gasteiger partial charge in [0.15, 0.2) is 0 Å². The molecule has 3 rings (SSSR count). The second-order valence-corrected chi connectivity index (χ2v) is 6.64. The third-order valence-electron chi connectivity index (χ3n) is 3.49. The summed E-state index contributed by atoms with van der Waals surface area (Å²) in [7, 11) is 0. The molecule has 1 atom stereocenters. The van der Waals surface area contributed by atoms with Crippen molar-refractivity contribution in [2.24, 2.45) is 0 Å². The maximum Gasteiger partial charge on any atom is 0.0655 e. The molecule has 1 unspecified atom stereocenters. The number of halogens is 2. The normalized spacial score (nSPS) is 12.1. The van der Waals surface area contributed by atoms with E-state index in [0.717, 1.165) is 4.47 Å². The molecular formula is C19H14Br2. The quantitative estimate of drug-likeness (QED) is 0.433. The molecule has 21 heavy (non-hydrogen) atoms. The molecule has 0 aliphatic carbocycles. The third kappa shape index (κ3) is 3.28. The van der Waals surface area contributed by atoms with Crippen LogP contribution >= 0.6 is 31.9 Å². The van der Waals surface area contributed by atoms with Crippen LogP contribution < -0.4 is 0 Å². The topological polar surface area (TPSA) is 0 Å². The Morgan fingerprint density at radius 2 is 1.19 bits per heavy atom. The van der Waals surface area contributed by atoms with Gasteiger partial charge in [-0.1, -0.05) is 105 Å². The highest BCUT2D eigenvalue weighted by Crippen LogP contribution is 2.35. The molecule has 0 N–H and O–H groups in total. The fourth-order valence-corrected chi connectivity index (χ4v) is 3.86. The first kappa shape index (κ1) is 14.6. The summed E-state index contributed by atoms with van der Waals surface area (Å²) in [5, 5.41) is 0. The first-order valence-corrected chi connectivity index (χ1v) is 8.50. The lowest BCUT2D eigenvalue weighted by Gasteiger charge is -2.13. The average molecular weight is 402 g/mol.